The fourth-order valence-electron chi connectivity index (χ4n) is 5.65. The first-order valence-corrected chi connectivity index (χ1v) is 9.91. The Balaban J connectivity index is 1.32. The first kappa shape index (κ1) is 16.1. The lowest BCUT2D eigenvalue weighted by Gasteiger charge is -2.41. The van der Waals surface area contributed by atoms with E-state index in [0.29, 0.717) is 0 Å². The molecule has 2 heterocycles. The molecule has 4 heteroatoms. The third-order valence-corrected chi connectivity index (χ3v) is 7.12. The highest BCUT2D eigenvalue weighted by Crippen LogP contribution is 2.48. The molecule has 1 aromatic carbocycles. The SMILES string of the molecule is O=C1CC(C(=O)N2CCC3(C=Cc4ccccc43)CC2)C2(CCCC2)O1. The number of nitrogens with zero attached hydrogens (tertiary/aromatic N) is 1. The molecule has 26 heavy (non-hydrogen) atoms. The summed E-state index contributed by atoms with van der Waals surface area (Å²) in [6.45, 7) is 1.52. The van der Waals surface area contributed by atoms with Crippen LogP contribution in [0.1, 0.15) is 56.1 Å². The van der Waals surface area contributed by atoms with Crippen molar-refractivity contribution in [1.82, 2.24) is 4.90 Å². The number of fused-ring (bicyclic) bond motifs is 2. The minimum atomic E-state index is -0.497. The number of benzene rings is 1. The maximum absolute atomic E-state index is 13.2. The van der Waals surface area contributed by atoms with Gasteiger partial charge in [-0.1, -0.05) is 36.4 Å². The van der Waals surface area contributed by atoms with Crippen LogP contribution in [0, 0.1) is 5.92 Å². The lowest BCUT2D eigenvalue weighted by molar-refractivity contribution is -0.152. The van der Waals surface area contributed by atoms with Crippen LogP contribution in [0.25, 0.3) is 6.08 Å². The van der Waals surface area contributed by atoms with Crippen molar-refractivity contribution in [3.8, 4) is 0 Å². The van der Waals surface area contributed by atoms with Crippen LogP contribution in [0.2, 0.25) is 0 Å². The summed E-state index contributed by atoms with van der Waals surface area (Å²) in [6, 6.07) is 8.59. The van der Waals surface area contributed by atoms with Gasteiger partial charge < -0.3 is 9.64 Å². The second-order valence-corrected chi connectivity index (χ2v) is 8.40. The molecule has 0 bridgehead atoms. The van der Waals surface area contributed by atoms with Crippen molar-refractivity contribution in [2.75, 3.05) is 13.1 Å². The molecule has 1 atom stereocenters. The first-order valence-electron chi connectivity index (χ1n) is 9.91. The average Bonchev–Trinajstić information content (AvgIpc) is 3.35. The predicted octanol–water partition coefficient (Wildman–Crippen LogP) is 3.45. The number of esters is 1. The van der Waals surface area contributed by atoms with E-state index in [0.717, 1.165) is 51.6 Å². The maximum atomic E-state index is 13.2. The van der Waals surface area contributed by atoms with E-state index in [2.05, 4.69) is 36.4 Å². The van der Waals surface area contributed by atoms with Gasteiger partial charge in [0.05, 0.1) is 12.3 Å². The second kappa shape index (κ2) is 5.70. The van der Waals surface area contributed by atoms with Gasteiger partial charge in [0.2, 0.25) is 5.91 Å². The van der Waals surface area contributed by atoms with Crippen molar-refractivity contribution in [2.45, 2.75) is 56.0 Å². The molecule has 3 fully saturated rings. The Morgan fingerprint density at radius 1 is 1.08 bits per heavy atom. The lowest BCUT2D eigenvalue weighted by atomic mass is 9.74. The van der Waals surface area contributed by atoms with E-state index >= 15 is 0 Å². The van der Waals surface area contributed by atoms with Gasteiger partial charge in [-0.2, -0.15) is 0 Å². The molecule has 2 spiro atoms. The van der Waals surface area contributed by atoms with Crippen LogP contribution < -0.4 is 0 Å². The van der Waals surface area contributed by atoms with Gasteiger partial charge in [0.15, 0.2) is 0 Å². The van der Waals surface area contributed by atoms with Gasteiger partial charge in [0.1, 0.15) is 5.60 Å². The van der Waals surface area contributed by atoms with Gasteiger partial charge in [-0.25, -0.2) is 0 Å². The monoisotopic (exact) mass is 351 g/mol. The van der Waals surface area contributed by atoms with Crippen molar-refractivity contribution in [1.29, 1.82) is 0 Å². The van der Waals surface area contributed by atoms with Gasteiger partial charge in [-0.15, -0.1) is 0 Å². The van der Waals surface area contributed by atoms with Crippen molar-refractivity contribution in [2.24, 2.45) is 5.92 Å². The first-order chi connectivity index (χ1) is 12.6. The van der Waals surface area contributed by atoms with Crippen molar-refractivity contribution >= 4 is 18.0 Å². The summed E-state index contributed by atoms with van der Waals surface area (Å²) >= 11 is 0. The van der Waals surface area contributed by atoms with Gasteiger partial charge in [0, 0.05) is 18.5 Å². The predicted molar refractivity (Wildman–Crippen MR) is 98.4 cm³/mol. The highest BCUT2D eigenvalue weighted by Gasteiger charge is 2.55. The van der Waals surface area contributed by atoms with E-state index in [-0.39, 0.29) is 29.6 Å². The summed E-state index contributed by atoms with van der Waals surface area (Å²) in [5, 5.41) is 0. The van der Waals surface area contributed by atoms with E-state index in [1.54, 1.807) is 0 Å². The molecule has 0 N–H and O–H groups in total. The molecule has 0 radical (unpaired) electrons. The molecule has 4 nitrogen and oxygen atoms in total. The zero-order valence-corrected chi connectivity index (χ0v) is 15.1. The smallest absolute Gasteiger partial charge is 0.307 e. The second-order valence-electron chi connectivity index (χ2n) is 8.40. The summed E-state index contributed by atoms with van der Waals surface area (Å²) in [5.74, 6) is -0.313. The molecule has 1 amide bonds. The summed E-state index contributed by atoms with van der Waals surface area (Å²) in [5.41, 5.74) is 2.30. The van der Waals surface area contributed by atoms with Crippen LogP contribution in [-0.2, 0) is 19.7 Å². The summed E-state index contributed by atoms with van der Waals surface area (Å²) in [6.07, 6.45) is 10.6. The fourth-order valence-corrected chi connectivity index (χ4v) is 5.65. The zero-order chi connectivity index (χ0) is 17.8. The topological polar surface area (TPSA) is 46.6 Å². The lowest BCUT2D eigenvalue weighted by Crippen LogP contribution is -2.49. The third kappa shape index (κ3) is 2.27. The normalized spacial score (nSPS) is 27.9. The number of allylic oxidation sites excluding steroid dienone is 1. The molecule has 5 rings (SSSR count). The van der Waals surface area contributed by atoms with Gasteiger partial charge in [0.25, 0.3) is 0 Å². The minimum Gasteiger partial charge on any atom is -0.458 e. The highest BCUT2D eigenvalue weighted by molar-refractivity contribution is 5.88. The summed E-state index contributed by atoms with van der Waals surface area (Å²) in [7, 11) is 0. The van der Waals surface area contributed by atoms with Crippen LogP contribution in [0.3, 0.4) is 0 Å². The van der Waals surface area contributed by atoms with E-state index < -0.39 is 5.60 Å². The molecule has 2 saturated heterocycles. The van der Waals surface area contributed by atoms with E-state index in [4.69, 9.17) is 4.74 Å². The maximum Gasteiger partial charge on any atom is 0.307 e. The molecule has 1 unspecified atom stereocenters. The highest BCUT2D eigenvalue weighted by atomic mass is 16.6. The number of carbonyl (C=O) groups is 2. The number of piperidine rings is 1. The average molecular weight is 351 g/mol. The van der Waals surface area contributed by atoms with Crippen molar-refractivity contribution < 1.29 is 14.3 Å². The standard InChI is InChI=1S/C22H25NO3/c24-19-15-18(22(26-19)8-3-4-9-22)20(25)23-13-11-21(12-14-23)10-7-16-5-1-2-6-17(16)21/h1-2,5-7,10,18H,3-4,8-9,11-15H2. The molecule has 4 aliphatic rings. The van der Waals surface area contributed by atoms with Gasteiger partial charge in [-0.05, 0) is 49.7 Å². The zero-order valence-electron chi connectivity index (χ0n) is 15.1. The van der Waals surface area contributed by atoms with E-state index in [9.17, 15) is 9.59 Å². The number of hydrogen-bond acceptors (Lipinski definition) is 3. The Labute approximate surface area is 154 Å². The number of rotatable bonds is 1. The summed E-state index contributed by atoms with van der Waals surface area (Å²) < 4.78 is 5.68. The van der Waals surface area contributed by atoms with Gasteiger partial charge in [-0.3, -0.25) is 9.59 Å². The molecule has 1 saturated carbocycles. The Morgan fingerprint density at radius 3 is 2.58 bits per heavy atom. The molecular formula is C22H25NO3. The molecule has 136 valence electrons. The van der Waals surface area contributed by atoms with Crippen LogP contribution in [0.5, 0.6) is 0 Å². The number of ether oxygens (including phenoxy) is 1. The number of amides is 1. The van der Waals surface area contributed by atoms with Crippen LogP contribution >= 0.6 is 0 Å². The Morgan fingerprint density at radius 2 is 1.81 bits per heavy atom. The van der Waals surface area contributed by atoms with Crippen LogP contribution in [0.4, 0.5) is 0 Å². The number of likely N-dealkylation sites (tertiary alicyclic amines) is 1. The fraction of sp³-hybridized carbons (Fsp3) is 0.545. The number of carbonyl (C=O) groups excluding carboxylic acids is 2. The molecule has 1 aromatic rings. The minimum absolute atomic E-state index is 0.0837. The number of hydrogen-bond donors (Lipinski definition) is 0. The summed E-state index contributed by atoms with van der Waals surface area (Å²) in [4.78, 5) is 27.2. The Kier molecular flexibility index (Phi) is 3.53. The quantitative estimate of drug-likeness (QED) is 0.728. The molecular weight excluding hydrogens is 326 g/mol. The van der Waals surface area contributed by atoms with Crippen LogP contribution in [-0.4, -0.2) is 35.5 Å². The van der Waals surface area contributed by atoms with Crippen LogP contribution in [0.15, 0.2) is 30.3 Å². The van der Waals surface area contributed by atoms with E-state index in [1.807, 2.05) is 4.90 Å². The van der Waals surface area contributed by atoms with Crippen molar-refractivity contribution in [3.05, 3.63) is 41.5 Å². The van der Waals surface area contributed by atoms with Crippen molar-refractivity contribution in [3.63, 3.8) is 0 Å². The molecule has 2 aliphatic heterocycles. The largest absolute Gasteiger partial charge is 0.458 e. The third-order valence-electron chi connectivity index (χ3n) is 7.12. The van der Waals surface area contributed by atoms with E-state index in [1.165, 1.54) is 11.1 Å². The molecule has 0 aromatic heterocycles. The Bertz CT molecular complexity index is 782. The van der Waals surface area contributed by atoms with Gasteiger partial charge >= 0.3 is 5.97 Å². The Hall–Kier alpha value is -2.10. The molecule has 2 aliphatic carbocycles.